The molecule has 1 unspecified atom stereocenters. The van der Waals surface area contributed by atoms with E-state index in [0.29, 0.717) is 11.0 Å². The Hall–Kier alpha value is -4.28. The second-order valence-electron chi connectivity index (χ2n) is 8.67. The average Bonchev–Trinajstić information content (AvgIpc) is 3.34. The van der Waals surface area contributed by atoms with Crippen LogP contribution in [-0.4, -0.2) is 30.8 Å². The number of fused-ring (bicyclic) bond motifs is 2. The Morgan fingerprint density at radius 2 is 1.75 bits per heavy atom. The van der Waals surface area contributed by atoms with Crippen LogP contribution in [0.25, 0.3) is 16.7 Å². The Bertz CT molecular complexity index is 1740. The molecule has 0 radical (unpaired) electrons. The van der Waals surface area contributed by atoms with Crippen molar-refractivity contribution in [2.75, 3.05) is 6.61 Å². The summed E-state index contributed by atoms with van der Waals surface area (Å²) in [6, 6.07) is 5.70. The monoisotopic (exact) mass is 496 g/mol. The van der Waals surface area contributed by atoms with Crippen LogP contribution in [0.1, 0.15) is 40.9 Å². The number of benzene rings is 2. The number of halogens is 2. The zero-order valence-corrected chi connectivity index (χ0v) is 19.7. The number of hydrogen-bond donors (Lipinski definition) is 0. The van der Waals surface area contributed by atoms with Crippen LogP contribution < -0.4 is 16.9 Å². The number of hydrogen-bond acceptors (Lipinski definition) is 5. The van der Waals surface area contributed by atoms with E-state index < -0.39 is 40.5 Å². The van der Waals surface area contributed by atoms with E-state index in [4.69, 9.17) is 4.74 Å². The van der Waals surface area contributed by atoms with Crippen molar-refractivity contribution in [1.82, 2.24) is 18.3 Å². The molecular weight excluding hydrogens is 474 g/mol. The van der Waals surface area contributed by atoms with Gasteiger partial charge in [0.2, 0.25) is 0 Å². The lowest BCUT2D eigenvalue weighted by Crippen LogP contribution is -2.44. The maximum Gasteiger partial charge on any atom is 0.345 e. The molecule has 1 atom stereocenters. The van der Waals surface area contributed by atoms with Crippen molar-refractivity contribution in [3.05, 3.63) is 96.2 Å². The fourth-order valence-corrected chi connectivity index (χ4v) is 4.92. The molecule has 0 fully saturated rings. The molecule has 186 valence electrons. The van der Waals surface area contributed by atoms with Gasteiger partial charge in [-0.2, -0.15) is 0 Å². The number of imidazole rings is 1. The van der Waals surface area contributed by atoms with Crippen molar-refractivity contribution >= 4 is 17.0 Å². The maximum absolute atomic E-state index is 14.4. The SMILES string of the molecule is CCOC(=O)c1cn(-c2ccc3c(c2)n(C)c(=O)n3C)c(=O)n(C2CCc3c(F)cc(F)cc32)c1=O. The number of nitrogens with zero attached hydrogens (tertiary/aromatic N) is 4. The van der Waals surface area contributed by atoms with Crippen LogP contribution in [0, 0.1) is 11.6 Å². The van der Waals surface area contributed by atoms with Gasteiger partial charge in [0.1, 0.15) is 17.2 Å². The topological polar surface area (TPSA) is 97.2 Å². The lowest BCUT2D eigenvalue weighted by atomic mass is 10.1. The number of ether oxygens (including phenoxy) is 1. The molecule has 9 nitrogen and oxygen atoms in total. The van der Waals surface area contributed by atoms with E-state index >= 15 is 0 Å². The zero-order valence-electron chi connectivity index (χ0n) is 19.7. The summed E-state index contributed by atoms with van der Waals surface area (Å²) in [5, 5.41) is 0. The number of esters is 1. The molecule has 4 aromatic rings. The van der Waals surface area contributed by atoms with E-state index in [1.54, 1.807) is 39.2 Å². The lowest BCUT2D eigenvalue weighted by Gasteiger charge is -2.18. The molecule has 5 rings (SSSR count). The van der Waals surface area contributed by atoms with E-state index in [1.807, 2.05) is 0 Å². The van der Waals surface area contributed by atoms with Crippen LogP contribution in [0.2, 0.25) is 0 Å². The van der Waals surface area contributed by atoms with E-state index in [1.165, 1.54) is 9.13 Å². The van der Waals surface area contributed by atoms with Gasteiger partial charge in [-0.1, -0.05) is 0 Å². The second kappa shape index (κ2) is 8.43. The van der Waals surface area contributed by atoms with Gasteiger partial charge in [0, 0.05) is 26.4 Å². The highest BCUT2D eigenvalue weighted by Crippen LogP contribution is 2.35. The normalized spacial score (nSPS) is 14.9. The molecule has 2 aromatic carbocycles. The van der Waals surface area contributed by atoms with Gasteiger partial charge >= 0.3 is 17.3 Å². The highest BCUT2D eigenvalue weighted by Gasteiger charge is 2.32. The summed E-state index contributed by atoms with van der Waals surface area (Å²) in [5.74, 6) is -2.51. The van der Waals surface area contributed by atoms with Gasteiger partial charge in [-0.3, -0.25) is 23.1 Å². The van der Waals surface area contributed by atoms with Gasteiger partial charge in [-0.25, -0.2) is 23.2 Å². The molecule has 0 N–H and O–H groups in total. The number of aryl methyl sites for hydroxylation is 2. The number of carbonyl (C=O) groups is 1. The molecule has 11 heteroatoms. The summed E-state index contributed by atoms with van der Waals surface area (Å²) in [4.78, 5) is 52.1. The Balaban J connectivity index is 1.80. The largest absolute Gasteiger partial charge is 0.462 e. The van der Waals surface area contributed by atoms with Crippen LogP contribution in [0.4, 0.5) is 8.78 Å². The van der Waals surface area contributed by atoms with Crippen LogP contribution in [0.15, 0.2) is 50.9 Å². The van der Waals surface area contributed by atoms with Gasteiger partial charge in [0.15, 0.2) is 0 Å². The molecule has 0 saturated carbocycles. The Labute approximate surface area is 202 Å². The van der Waals surface area contributed by atoms with E-state index in [-0.39, 0.29) is 42.0 Å². The number of rotatable bonds is 4. The molecule has 2 aromatic heterocycles. The van der Waals surface area contributed by atoms with Gasteiger partial charge < -0.3 is 4.74 Å². The first-order valence-corrected chi connectivity index (χ1v) is 11.3. The van der Waals surface area contributed by atoms with Gasteiger partial charge in [0.25, 0.3) is 5.56 Å². The number of aromatic nitrogens is 4. The minimum atomic E-state index is -0.976. The summed E-state index contributed by atoms with van der Waals surface area (Å²) in [6.07, 6.45) is 1.46. The van der Waals surface area contributed by atoms with Gasteiger partial charge in [0.05, 0.1) is 29.4 Å². The molecule has 1 aliphatic rings. The summed E-state index contributed by atoms with van der Waals surface area (Å²) in [5.41, 5.74) is -0.534. The van der Waals surface area contributed by atoms with Gasteiger partial charge in [-0.15, -0.1) is 0 Å². The lowest BCUT2D eigenvalue weighted by molar-refractivity contribution is 0.0522. The van der Waals surface area contributed by atoms with Crippen molar-refractivity contribution in [2.24, 2.45) is 14.1 Å². The highest BCUT2D eigenvalue weighted by atomic mass is 19.1. The third kappa shape index (κ3) is 3.42. The van der Waals surface area contributed by atoms with Crippen molar-refractivity contribution < 1.29 is 18.3 Å². The fraction of sp³-hybridized carbons (Fsp3) is 0.280. The first-order chi connectivity index (χ1) is 17.1. The average molecular weight is 496 g/mol. The van der Waals surface area contributed by atoms with Crippen LogP contribution >= 0.6 is 0 Å². The Morgan fingerprint density at radius 1 is 1.03 bits per heavy atom. The molecule has 0 aliphatic heterocycles. The van der Waals surface area contributed by atoms with Crippen LogP contribution in [-0.2, 0) is 25.3 Å². The van der Waals surface area contributed by atoms with Crippen molar-refractivity contribution in [2.45, 2.75) is 25.8 Å². The predicted molar refractivity (Wildman–Crippen MR) is 127 cm³/mol. The maximum atomic E-state index is 14.4. The summed E-state index contributed by atoms with van der Waals surface area (Å²) in [7, 11) is 3.20. The molecule has 2 heterocycles. The second-order valence-corrected chi connectivity index (χ2v) is 8.67. The minimum Gasteiger partial charge on any atom is -0.462 e. The predicted octanol–water partition coefficient (Wildman–Crippen LogP) is 2.18. The summed E-state index contributed by atoms with van der Waals surface area (Å²) < 4.78 is 38.3. The van der Waals surface area contributed by atoms with Crippen molar-refractivity contribution in [1.29, 1.82) is 0 Å². The van der Waals surface area contributed by atoms with Crippen LogP contribution in [0.3, 0.4) is 0 Å². The molecule has 36 heavy (non-hydrogen) atoms. The molecule has 0 saturated heterocycles. The third-order valence-electron chi connectivity index (χ3n) is 6.68. The highest BCUT2D eigenvalue weighted by molar-refractivity contribution is 5.88. The Morgan fingerprint density at radius 3 is 2.47 bits per heavy atom. The third-order valence-corrected chi connectivity index (χ3v) is 6.68. The summed E-state index contributed by atoms with van der Waals surface area (Å²) in [6.45, 7) is 1.58. The smallest absolute Gasteiger partial charge is 0.345 e. The Kier molecular flexibility index (Phi) is 5.50. The molecule has 0 spiro atoms. The standard InChI is InChI=1S/C25H22F2N4O5/c1-4-36-23(33)17-12-30(14-5-7-20-21(11-14)29(3)24(34)28(20)2)25(35)31(22(17)32)19-8-6-15-16(19)9-13(26)10-18(15)27/h5,7,9-12,19H,4,6,8H2,1-3H3. The van der Waals surface area contributed by atoms with E-state index in [9.17, 15) is 28.0 Å². The molecule has 0 amide bonds. The molecular formula is C25H22F2N4O5. The quantitative estimate of drug-likeness (QED) is 0.404. The first-order valence-electron chi connectivity index (χ1n) is 11.3. The molecule has 0 bridgehead atoms. The van der Waals surface area contributed by atoms with Crippen molar-refractivity contribution in [3.63, 3.8) is 0 Å². The zero-order chi connectivity index (χ0) is 25.9. The van der Waals surface area contributed by atoms with E-state index in [2.05, 4.69) is 0 Å². The molecule has 1 aliphatic carbocycles. The first kappa shape index (κ1) is 23.5. The van der Waals surface area contributed by atoms with Crippen LogP contribution in [0.5, 0.6) is 0 Å². The van der Waals surface area contributed by atoms with E-state index in [0.717, 1.165) is 27.5 Å². The minimum absolute atomic E-state index is 0.00182. The summed E-state index contributed by atoms with van der Waals surface area (Å²) >= 11 is 0. The fourth-order valence-electron chi connectivity index (χ4n) is 4.92. The van der Waals surface area contributed by atoms with Gasteiger partial charge in [-0.05, 0) is 55.2 Å². The van der Waals surface area contributed by atoms with Crippen molar-refractivity contribution in [3.8, 4) is 5.69 Å². The number of carbonyl (C=O) groups excluding carboxylic acids is 1.